The molecule has 1 aromatic carbocycles. The van der Waals surface area contributed by atoms with Gasteiger partial charge in [-0.2, -0.15) is 15.5 Å². The zero-order valence-corrected chi connectivity index (χ0v) is 77.6. The minimum Gasteiger partial charge on any atom is -0.381 e. The number of likely N-dealkylation sites (N-methyl/N-ethyl adjacent to an activating group) is 1. The standard InChI is InChI=1S/C24H23FN8O2.C22H26N8O.C18H14FN7O.C17H12FN7O.C16H11FN8O/c1-31-8-10-32(11-9-31)24(35)16-4-2-15(3-5-16)18-6-7-27-13-19(18)29-23(34)20-21(26)30-33-14-17(25)12-28-22(20)33;1-22(2,13-23)15-10-26-20-18(19(24)28-30(20)12-15)21(31)27-17-11-25-7-4-16(17)14-5-8-29(3)9-6-14;1-10-2-3-11(6-22-10)13-4-5-21-8-14(13)24-18(27)15-16(20)25-26-9-12(19)7-23-17(15)26;18-11-7-22-16-14(15(19)24-25(16)9-11)17(26)23-13-8-21-6-3-12(13)10-1-4-20-5-2-10;17-10-6-20-15-13(14(18)24-25(15)8-10)16(26)23-12-7-19-3-2-11(12)9-1-4-21-22-5-9/h2-7,12-14H,8-11H2,1H3,(H2,26,30)(H,29,34);4,7,10-12,14H,5-6,8-9H2,1-3H3,(H2,24,28)(H,27,31);2-9H,1H3,(H2,20,25)(H,24,27);1-9H,(H2,19,24)(H,23,26);1-8H,(H2,18,24)(H,23,26). The summed E-state index contributed by atoms with van der Waals surface area (Å²) in [6.07, 6.45) is 37.8. The second-order valence-corrected chi connectivity index (χ2v) is 33.5. The van der Waals surface area contributed by atoms with Crippen LogP contribution in [-0.2, 0) is 5.41 Å². The van der Waals surface area contributed by atoms with Gasteiger partial charge in [-0.3, -0.25) is 63.7 Å². The van der Waals surface area contributed by atoms with E-state index in [0.717, 1.165) is 151 Å². The van der Waals surface area contributed by atoms with E-state index >= 15 is 0 Å². The number of carbonyl (C=O) groups excluding carboxylic acids is 6. The number of anilines is 10. The van der Waals surface area contributed by atoms with E-state index in [-0.39, 0.29) is 91.3 Å². The van der Waals surface area contributed by atoms with Crippen LogP contribution in [0.25, 0.3) is 72.7 Å². The first kappa shape index (κ1) is 97.1. The summed E-state index contributed by atoms with van der Waals surface area (Å²) in [4.78, 5) is 133. The molecule has 15 N–H and O–H groups in total. The summed E-state index contributed by atoms with van der Waals surface area (Å²) in [7, 11) is 4.16. The number of fused-ring (bicyclic) bond motifs is 5. The number of carbonyl (C=O) groups is 6. The number of pyridine rings is 7. The topological polar surface area (TPSA) is 593 Å². The van der Waals surface area contributed by atoms with Crippen LogP contribution in [0.3, 0.4) is 0 Å². The molecule has 6 amide bonds. The van der Waals surface area contributed by atoms with Crippen LogP contribution in [0.4, 0.5) is 75.1 Å². The van der Waals surface area contributed by atoms with Crippen LogP contribution in [-0.4, -0.2) is 222 Å². The van der Waals surface area contributed by atoms with E-state index in [1.807, 2.05) is 61.3 Å². The molecule has 18 aromatic heterocycles. The number of nitrogens with zero attached hydrogens (tertiary/aromatic N) is 28. The third-order valence-electron chi connectivity index (χ3n) is 23.4. The molecule has 0 saturated carbocycles. The Balaban J connectivity index is 0.000000125. The molecule has 19 aromatic rings. The number of nitrogens with one attached hydrogen (secondary N) is 5. The summed E-state index contributed by atoms with van der Waals surface area (Å²) in [5.41, 5.74) is 42.1. The Morgan fingerprint density at radius 1 is 0.359 bits per heavy atom. The van der Waals surface area contributed by atoms with Gasteiger partial charge in [0.05, 0.1) is 133 Å². The van der Waals surface area contributed by atoms with E-state index in [1.54, 1.807) is 137 Å². The zero-order chi connectivity index (χ0) is 102. The molecule has 44 nitrogen and oxygen atoms in total. The van der Waals surface area contributed by atoms with Crippen molar-refractivity contribution in [2.75, 3.05) is 109 Å². The summed E-state index contributed by atoms with van der Waals surface area (Å²) in [5.74, 6) is -4.63. The molecule has 20 heterocycles. The Labute approximate surface area is 819 Å². The largest absolute Gasteiger partial charge is 0.381 e. The predicted octanol–water partition coefficient (Wildman–Crippen LogP) is 10.9. The first-order chi connectivity index (χ1) is 70.0. The molecule has 0 bridgehead atoms. The lowest BCUT2D eigenvalue weighted by Crippen LogP contribution is -2.47. The molecule has 2 fully saturated rings. The number of piperidine rings is 1. The summed E-state index contributed by atoms with van der Waals surface area (Å²) < 4.78 is 59.3. The number of hydrogen-bond donors (Lipinski definition) is 10. The predicted molar refractivity (Wildman–Crippen MR) is 527 cm³/mol. The van der Waals surface area contributed by atoms with Crippen molar-refractivity contribution in [1.29, 1.82) is 5.26 Å². The Kier molecular flexibility index (Phi) is 28.4. The first-order valence-electron chi connectivity index (χ1n) is 44.4. The third-order valence-corrected chi connectivity index (χ3v) is 23.4. The van der Waals surface area contributed by atoms with Gasteiger partial charge in [-0.05, 0) is 150 Å². The van der Waals surface area contributed by atoms with Crippen LogP contribution in [0.1, 0.15) is 112 Å². The molecular weight excluding hydrogens is 1870 g/mol. The maximum atomic E-state index is 13.5. The number of nitriles is 1. The molecule has 145 heavy (non-hydrogen) atoms. The number of piperazine rings is 1. The van der Waals surface area contributed by atoms with Gasteiger partial charge in [-0.15, -0.1) is 25.5 Å². The van der Waals surface area contributed by atoms with Gasteiger partial charge >= 0.3 is 0 Å². The second-order valence-electron chi connectivity index (χ2n) is 33.5. The number of aromatic nitrogens is 24. The fourth-order valence-corrected chi connectivity index (χ4v) is 15.8. The van der Waals surface area contributed by atoms with Crippen molar-refractivity contribution in [3.05, 3.63) is 313 Å². The average molecular weight is 1960 g/mol. The van der Waals surface area contributed by atoms with Gasteiger partial charge in [0.25, 0.3) is 35.4 Å². The third kappa shape index (κ3) is 21.7. The SMILES string of the molecule is CN1CCC(c2ccncc2NC(=O)c2c(N)nn3cc(C(C)(C)C#N)cnc23)CC1.CN1CCN(C(=O)c2ccc(-c3ccncc3NC(=O)c3c(N)nn4cc(F)cnc34)cc2)CC1.Cc1ccc(-c2ccncc2NC(=O)c2c(N)nn3cc(F)cnc23)cn1.Nc1nn2cc(F)cnc2c1C(=O)Nc1cnccc1-c1ccncc1.Nc1nn2cc(F)cnc2c1C(=O)Nc1cnccc1-c1ccnnc1. The van der Waals surface area contributed by atoms with Gasteiger partial charge in [0.2, 0.25) is 0 Å². The molecule has 2 aliphatic heterocycles. The van der Waals surface area contributed by atoms with Gasteiger partial charge in [0, 0.05) is 138 Å². The second kappa shape index (κ2) is 42.4. The van der Waals surface area contributed by atoms with Crippen LogP contribution in [0.15, 0.2) is 240 Å². The quantitative estimate of drug-likeness (QED) is 0.0379. The van der Waals surface area contributed by atoms with Crippen molar-refractivity contribution in [3.8, 4) is 50.6 Å². The number of nitrogen functional groups attached to an aromatic ring is 5. The fraction of sp³-hybridized carbons (Fsp3) is 0.155. The number of aryl methyl sites for hydroxylation is 1. The van der Waals surface area contributed by atoms with Crippen LogP contribution in [0.5, 0.6) is 0 Å². The van der Waals surface area contributed by atoms with Crippen molar-refractivity contribution in [2.24, 2.45) is 0 Å². The van der Waals surface area contributed by atoms with Crippen LogP contribution >= 0.6 is 0 Å². The molecule has 728 valence electrons. The van der Waals surface area contributed by atoms with Gasteiger partial charge in [-0.1, -0.05) is 18.2 Å². The van der Waals surface area contributed by atoms with Crippen molar-refractivity contribution >= 4 is 121 Å². The molecule has 48 heteroatoms. The smallest absolute Gasteiger partial charge is 0.263 e. The molecular formula is C97H86F4N38O6. The Morgan fingerprint density at radius 3 is 1.07 bits per heavy atom. The highest BCUT2D eigenvalue weighted by Crippen LogP contribution is 2.37. The molecule has 21 rings (SSSR count). The Hall–Kier alpha value is -19.6. The lowest BCUT2D eigenvalue weighted by atomic mass is 9.89. The van der Waals surface area contributed by atoms with Crippen LogP contribution < -0.4 is 55.3 Å². The van der Waals surface area contributed by atoms with E-state index < -0.39 is 52.3 Å². The van der Waals surface area contributed by atoms with Crippen molar-refractivity contribution in [1.82, 2.24) is 133 Å². The van der Waals surface area contributed by atoms with Crippen molar-refractivity contribution in [2.45, 2.75) is 44.9 Å². The minimum atomic E-state index is -0.733. The van der Waals surface area contributed by atoms with Crippen molar-refractivity contribution in [3.63, 3.8) is 0 Å². The average Bonchev–Trinajstić information content (AvgIpc) is 1.65. The highest BCUT2D eigenvalue weighted by Gasteiger charge is 2.31. The fourth-order valence-electron chi connectivity index (χ4n) is 15.8. The summed E-state index contributed by atoms with van der Waals surface area (Å²) in [6.45, 7) is 10.6. The molecule has 0 atom stereocenters. The van der Waals surface area contributed by atoms with Gasteiger partial charge in [0.1, 0.15) is 27.8 Å². The lowest BCUT2D eigenvalue weighted by Gasteiger charge is -2.32. The highest BCUT2D eigenvalue weighted by molar-refractivity contribution is 6.16. The van der Waals surface area contributed by atoms with Crippen LogP contribution in [0, 0.1) is 41.5 Å². The number of rotatable bonds is 17. The number of nitrogens with two attached hydrogens (primary N) is 5. The van der Waals surface area contributed by atoms with E-state index in [2.05, 4.69) is 145 Å². The van der Waals surface area contributed by atoms with Crippen molar-refractivity contribution < 1.29 is 46.3 Å². The summed E-state index contributed by atoms with van der Waals surface area (Å²) in [6, 6.07) is 27.7. The highest BCUT2D eigenvalue weighted by atomic mass is 19.1. The van der Waals surface area contributed by atoms with Gasteiger partial charge in [-0.25, -0.2) is 65.1 Å². The van der Waals surface area contributed by atoms with E-state index in [9.17, 15) is 51.6 Å². The summed E-state index contributed by atoms with van der Waals surface area (Å²) >= 11 is 0. The molecule has 2 aliphatic rings. The van der Waals surface area contributed by atoms with E-state index in [0.29, 0.717) is 75.3 Å². The Morgan fingerprint density at radius 2 is 0.690 bits per heavy atom. The van der Waals surface area contributed by atoms with E-state index in [4.69, 9.17) is 28.7 Å². The Bertz CT molecular complexity index is 7970. The van der Waals surface area contributed by atoms with Crippen LogP contribution in [0.2, 0.25) is 0 Å². The zero-order valence-electron chi connectivity index (χ0n) is 77.6. The van der Waals surface area contributed by atoms with Gasteiger partial charge < -0.3 is 70.0 Å². The molecule has 0 radical (unpaired) electrons. The number of amides is 6. The lowest BCUT2D eigenvalue weighted by molar-refractivity contribution is 0.0663. The monoisotopic (exact) mass is 1950 g/mol. The van der Waals surface area contributed by atoms with Gasteiger partial charge in [0.15, 0.2) is 80.6 Å². The molecule has 0 spiro atoms. The molecule has 0 unspecified atom stereocenters. The molecule has 2 saturated heterocycles. The normalized spacial score (nSPS) is 12.7. The maximum Gasteiger partial charge on any atom is 0.263 e. The number of likely N-dealkylation sites (tertiary alicyclic amines) is 1. The van der Waals surface area contributed by atoms with E-state index in [1.165, 1.54) is 29.3 Å². The summed E-state index contributed by atoms with van der Waals surface area (Å²) in [5, 5.41) is 51.0. The number of benzene rings is 1. The molecule has 0 aliphatic carbocycles. The number of halogens is 4. The maximum absolute atomic E-state index is 13.5. The number of hydrogen-bond acceptors (Lipinski definition) is 33. The first-order valence-corrected chi connectivity index (χ1v) is 44.4. The minimum absolute atomic E-state index is 0.000373.